The molecule has 33 heavy (non-hydrogen) atoms. The molecule has 0 saturated heterocycles. The molecule has 0 aliphatic heterocycles. The van der Waals surface area contributed by atoms with Gasteiger partial charge in [-0.05, 0) is 73.9 Å². The van der Waals surface area contributed by atoms with E-state index < -0.39 is 0 Å². The Bertz CT molecular complexity index is 1050. The number of benzene rings is 2. The lowest BCUT2D eigenvalue weighted by Crippen LogP contribution is -1.97. The molecule has 3 nitrogen and oxygen atoms in total. The van der Waals surface area contributed by atoms with E-state index >= 15 is 0 Å². The third-order valence-corrected chi connectivity index (χ3v) is 6.05. The van der Waals surface area contributed by atoms with Crippen LogP contribution >= 0.6 is 11.6 Å². The van der Waals surface area contributed by atoms with Crippen molar-refractivity contribution in [1.29, 1.82) is 0 Å². The predicted molar refractivity (Wildman–Crippen MR) is 144 cm³/mol. The molecule has 172 valence electrons. The van der Waals surface area contributed by atoms with E-state index in [1.807, 2.05) is 24.6 Å². The van der Waals surface area contributed by atoms with Gasteiger partial charge in [0.25, 0.3) is 0 Å². The van der Waals surface area contributed by atoms with Crippen molar-refractivity contribution in [1.82, 2.24) is 4.98 Å². The van der Waals surface area contributed by atoms with Crippen LogP contribution in [0.3, 0.4) is 0 Å². The predicted octanol–water partition coefficient (Wildman–Crippen LogP) is 8.10. The number of hydrogen-bond donors (Lipinski definition) is 0. The Morgan fingerprint density at radius 3 is 1.27 bits per heavy atom. The molecule has 0 atom stereocenters. The first-order valence-electron chi connectivity index (χ1n) is 11.9. The second-order valence-electron chi connectivity index (χ2n) is 8.43. The molecule has 1 heterocycles. The molecule has 1 aromatic heterocycles. The molecule has 3 rings (SSSR count). The molecule has 0 fully saturated rings. The number of hydrogen-bond acceptors (Lipinski definition) is 3. The summed E-state index contributed by atoms with van der Waals surface area (Å²) < 4.78 is 0. The monoisotopic (exact) mass is 459 g/mol. The van der Waals surface area contributed by atoms with E-state index in [4.69, 9.17) is 26.6 Å². The maximum atomic E-state index is 6.43. The van der Waals surface area contributed by atoms with Crippen molar-refractivity contribution in [3.05, 3.63) is 86.2 Å². The van der Waals surface area contributed by atoms with Gasteiger partial charge >= 0.3 is 0 Å². The fraction of sp³-hybridized carbons (Fsp3) is 0.345. The van der Waals surface area contributed by atoms with Gasteiger partial charge in [0, 0.05) is 5.02 Å². The molecule has 0 unspecified atom stereocenters. The topological polar surface area (TPSA) is 37.6 Å². The number of aromatic nitrogens is 1. The largest absolute Gasteiger partial charge is 0.254 e. The summed E-state index contributed by atoms with van der Waals surface area (Å²) in [5, 5.41) is 0.624. The first-order chi connectivity index (χ1) is 15.9. The van der Waals surface area contributed by atoms with Crippen LogP contribution in [0.2, 0.25) is 5.02 Å². The zero-order valence-electron chi connectivity index (χ0n) is 20.7. The van der Waals surface area contributed by atoms with E-state index in [0.29, 0.717) is 5.02 Å². The fourth-order valence-corrected chi connectivity index (χ4v) is 4.43. The van der Waals surface area contributed by atoms with Crippen molar-refractivity contribution in [2.45, 2.75) is 67.2 Å². The Kier molecular flexibility index (Phi) is 8.57. The van der Waals surface area contributed by atoms with Crippen molar-refractivity contribution in [2.24, 2.45) is 9.98 Å². The second-order valence-corrected chi connectivity index (χ2v) is 8.87. The normalized spacial score (nSPS) is 11.7. The highest BCUT2D eigenvalue weighted by Crippen LogP contribution is 2.29. The van der Waals surface area contributed by atoms with Gasteiger partial charge in [-0.2, -0.15) is 0 Å². The van der Waals surface area contributed by atoms with Crippen LogP contribution in [0.1, 0.15) is 72.5 Å². The number of nitrogens with zero attached hydrogens (tertiary/aromatic N) is 3. The van der Waals surface area contributed by atoms with Crippen LogP contribution in [0.25, 0.3) is 0 Å². The van der Waals surface area contributed by atoms with Gasteiger partial charge in [-0.3, -0.25) is 9.98 Å². The summed E-state index contributed by atoms with van der Waals surface area (Å²) in [6.07, 6.45) is 7.40. The zero-order chi connectivity index (χ0) is 24.0. The highest BCUT2D eigenvalue weighted by atomic mass is 35.5. The van der Waals surface area contributed by atoms with Gasteiger partial charge in [-0.15, -0.1) is 0 Å². The highest BCUT2D eigenvalue weighted by molar-refractivity contribution is 6.31. The third kappa shape index (κ3) is 6.17. The lowest BCUT2D eigenvalue weighted by molar-refractivity contribution is 1.07. The quantitative estimate of drug-likeness (QED) is 0.313. The molecule has 4 heteroatoms. The van der Waals surface area contributed by atoms with Gasteiger partial charge in [-0.25, -0.2) is 4.98 Å². The number of aliphatic imine (C=N–C) groups is 2. The van der Waals surface area contributed by atoms with Gasteiger partial charge in [0.2, 0.25) is 0 Å². The summed E-state index contributed by atoms with van der Waals surface area (Å²) in [6, 6.07) is 12.5. The summed E-state index contributed by atoms with van der Waals surface area (Å²) >= 11 is 6.43. The van der Waals surface area contributed by atoms with Crippen LogP contribution < -0.4 is 0 Å². The van der Waals surface area contributed by atoms with E-state index in [0.717, 1.165) is 48.4 Å². The first kappa shape index (κ1) is 24.9. The molecule has 3 aromatic rings. The maximum absolute atomic E-state index is 6.43. The van der Waals surface area contributed by atoms with E-state index in [-0.39, 0.29) is 0 Å². The Hall–Kier alpha value is -2.78. The molecule has 2 aromatic carbocycles. The van der Waals surface area contributed by atoms with E-state index in [9.17, 15) is 0 Å². The summed E-state index contributed by atoms with van der Waals surface area (Å²) in [5.41, 5.74) is 11.1. The van der Waals surface area contributed by atoms with Crippen LogP contribution in [-0.4, -0.2) is 17.4 Å². The Morgan fingerprint density at radius 1 is 0.636 bits per heavy atom. The van der Waals surface area contributed by atoms with Crippen LogP contribution in [-0.2, 0) is 25.7 Å². The van der Waals surface area contributed by atoms with Crippen molar-refractivity contribution < 1.29 is 0 Å². The molecule has 0 N–H and O–H groups in total. The van der Waals surface area contributed by atoms with Gasteiger partial charge in [0.05, 0.1) is 35.2 Å². The summed E-state index contributed by atoms with van der Waals surface area (Å²) in [4.78, 5) is 14.4. The van der Waals surface area contributed by atoms with E-state index in [1.165, 1.54) is 33.4 Å². The first-order valence-corrected chi connectivity index (χ1v) is 12.3. The van der Waals surface area contributed by atoms with Gasteiger partial charge in [-0.1, -0.05) is 74.7 Å². The Morgan fingerprint density at radius 2 is 0.970 bits per heavy atom. The van der Waals surface area contributed by atoms with E-state index in [2.05, 4.69) is 65.8 Å². The summed E-state index contributed by atoms with van der Waals surface area (Å²) in [5.74, 6) is 0. The number of halogens is 1. The minimum atomic E-state index is 0.624. The van der Waals surface area contributed by atoms with Crippen molar-refractivity contribution in [3.63, 3.8) is 0 Å². The van der Waals surface area contributed by atoms with Gasteiger partial charge in [0.15, 0.2) is 0 Å². The second kappa shape index (κ2) is 11.4. The zero-order valence-corrected chi connectivity index (χ0v) is 21.4. The maximum Gasteiger partial charge on any atom is 0.0835 e. The van der Waals surface area contributed by atoms with Crippen LogP contribution in [0.15, 0.2) is 46.4 Å². The highest BCUT2D eigenvalue weighted by Gasteiger charge is 2.08. The lowest BCUT2D eigenvalue weighted by atomic mass is 10.00. The smallest absolute Gasteiger partial charge is 0.0835 e. The average molecular weight is 460 g/mol. The minimum Gasteiger partial charge on any atom is -0.254 e. The third-order valence-electron chi connectivity index (χ3n) is 5.83. The van der Waals surface area contributed by atoms with Crippen molar-refractivity contribution in [2.75, 3.05) is 0 Å². The molecule has 0 radical (unpaired) electrons. The Labute approximate surface area is 203 Å². The molecule has 0 aliphatic rings. The van der Waals surface area contributed by atoms with Crippen molar-refractivity contribution >= 4 is 35.4 Å². The van der Waals surface area contributed by atoms with Crippen LogP contribution in [0.4, 0.5) is 11.4 Å². The fourth-order valence-electron chi connectivity index (χ4n) is 4.21. The minimum absolute atomic E-state index is 0.624. The molecule has 0 saturated carbocycles. The summed E-state index contributed by atoms with van der Waals surface area (Å²) in [6.45, 7) is 12.9. The number of pyridine rings is 1. The standard InChI is InChI=1S/C29H34ClN3/c1-7-21-11-19(5)12-22(8-2)28(21)31-17-26-15-25(30)16-27(33-26)18-32-29-23(9-3)13-20(6)14-24(29)10-4/h11-18H,7-10H2,1-6H3. The van der Waals surface area contributed by atoms with E-state index in [1.54, 1.807) is 0 Å². The molecule has 0 aliphatic carbocycles. The van der Waals surface area contributed by atoms with Crippen LogP contribution in [0.5, 0.6) is 0 Å². The molecule has 0 spiro atoms. The average Bonchev–Trinajstić information content (AvgIpc) is 2.80. The summed E-state index contributed by atoms with van der Waals surface area (Å²) in [7, 11) is 0. The van der Waals surface area contributed by atoms with Crippen LogP contribution in [0, 0.1) is 13.8 Å². The number of aryl methyl sites for hydroxylation is 6. The molecular formula is C29H34ClN3. The molecular weight excluding hydrogens is 426 g/mol. The molecule has 0 amide bonds. The number of rotatable bonds is 8. The Balaban J connectivity index is 1.97. The van der Waals surface area contributed by atoms with Gasteiger partial charge < -0.3 is 0 Å². The van der Waals surface area contributed by atoms with Gasteiger partial charge in [0.1, 0.15) is 0 Å². The SMILES string of the molecule is CCc1cc(C)cc(CC)c1N=Cc1cc(Cl)cc(C=Nc2c(CC)cc(C)cc2CC)n1. The molecule has 0 bridgehead atoms. The lowest BCUT2D eigenvalue weighted by Gasteiger charge is -2.11. The van der Waals surface area contributed by atoms with Crippen molar-refractivity contribution in [3.8, 4) is 0 Å².